The first-order valence-corrected chi connectivity index (χ1v) is 7.99. The van der Waals surface area contributed by atoms with E-state index in [1.165, 1.54) is 25.3 Å². The molecule has 0 aromatic heterocycles. The lowest BCUT2D eigenvalue weighted by Gasteiger charge is -2.09. The topological polar surface area (TPSA) is 108 Å². The summed E-state index contributed by atoms with van der Waals surface area (Å²) in [7, 11) is 1.36. The molecule has 0 saturated carbocycles. The van der Waals surface area contributed by atoms with Crippen LogP contribution in [-0.2, 0) is 14.3 Å². The Labute approximate surface area is 159 Å². The van der Waals surface area contributed by atoms with Crippen molar-refractivity contribution in [1.82, 2.24) is 0 Å². The molecule has 27 heavy (non-hydrogen) atoms. The molecule has 8 nitrogen and oxygen atoms in total. The smallest absolute Gasteiger partial charge is 0.331 e. The number of nitrogens with zero attached hydrogens (tertiary/aromatic N) is 1. The summed E-state index contributed by atoms with van der Waals surface area (Å²) in [5, 5.41) is 13.8. The molecule has 0 saturated heterocycles. The molecule has 9 heteroatoms. The summed E-state index contributed by atoms with van der Waals surface area (Å²) in [4.78, 5) is 33.8. The van der Waals surface area contributed by atoms with Crippen molar-refractivity contribution >= 4 is 40.9 Å². The number of nitrogens with one attached hydrogen (secondary N) is 1. The average Bonchev–Trinajstić information content (AvgIpc) is 2.64. The quantitative estimate of drug-likeness (QED) is 0.336. The summed E-state index contributed by atoms with van der Waals surface area (Å²) in [5.74, 6) is -1.16. The van der Waals surface area contributed by atoms with Gasteiger partial charge in [0.05, 0.1) is 17.7 Å². The van der Waals surface area contributed by atoms with Crippen molar-refractivity contribution in [2.75, 3.05) is 19.0 Å². The molecule has 0 unspecified atom stereocenters. The molecule has 2 rings (SSSR count). The number of non-ortho nitro benzene ring substituents is 1. The van der Waals surface area contributed by atoms with Gasteiger partial charge in [0.2, 0.25) is 0 Å². The Kier molecular flexibility index (Phi) is 6.90. The Balaban J connectivity index is 1.93. The van der Waals surface area contributed by atoms with Crippen molar-refractivity contribution < 1.29 is 24.0 Å². The number of anilines is 1. The van der Waals surface area contributed by atoms with Crippen molar-refractivity contribution in [2.24, 2.45) is 0 Å². The van der Waals surface area contributed by atoms with Gasteiger partial charge >= 0.3 is 5.97 Å². The van der Waals surface area contributed by atoms with Gasteiger partial charge in [0.25, 0.3) is 11.6 Å². The minimum Gasteiger partial charge on any atom is -0.495 e. The van der Waals surface area contributed by atoms with Crippen LogP contribution in [0.25, 0.3) is 6.08 Å². The fraction of sp³-hybridized carbons (Fsp3) is 0.111. The van der Waals surface area contributed by atoms with E-state index in [9.17, 15) is 19.7 Å². The van der Waals surface area contributed by atoms with Gasteiger partial charge in [0.1, 0.15) is 5.75 Å². The number of ether oxygens (including phenoxy) is 2. The Hall–Kier alpha value is -3.39. The normalized spacial score (nSPS) is 10.4. The summed E-state index contributed by atoms with van der Waals surface area (Å²) in [6.07, 6.45) is 2.66. The van der Waals surface area contributed by atoms with E-state index in [4.69, 9.17) is 21.1 Å². The second-order valence-electron chi connectivity index (χ2n) is 5.19. The van der Waals surface area contributed by atoms with Crippen molar-refractivity contribution in [2.45, 2.75) is 0 Å². The summed E-state index contributed by atoms with van der Waals surface area (Å²) in [5.41, 5.74) is 0.583. The van der Waals surface area contributed by atoms with E-state index in [1.54, 1.807) is 24.3 Å². The number of benzene rings is 2. The van der Waals surface area contributed by atoms with Gasteiger partial charge in [-0.15, -0.1) is 0 Å². The molecule has 0 fully saturated rings. The van der Waals surface area contributed by atoms with Crippen molar-refractivity contribution in [3.63, 3.8) is 0 Å². The highest BCUT2D eigenvalue weighted by molar-refractivity contribution is 6.30. The van der Waals surface area contributed by atoms with Gasteiger partial charge < -0.3 is 14.8 Å². The summed E-state index contributed by atoms with van der Waals surface area (Å²) >= 11 is 5.84. The zero-order valence-corrected chi connectivity index (χ0v) is 14.9. The number of nitro groups is 1. The first kappa shape index (κ1) is 19.9. The number of methoxy groups -OCH3 is 1. The second kappa shape index (κ2) is 9.35. The summed E-state index contributed by atoms with van der Waals surface area (Å²) < 4.78 is 9.87. The molecule has 0 spiro atoms. The third-order valence-electron chi connectivity index (χ3n) is 3.27. The Morgan fingerprint density at radius 1 is 1.26 bits per heavy atom. The standard InChI is InChI=1S/C18H15ClN2O6/c1-26-16-7-6-14(21(24)25)10-15(16)20-17(22)11-27-18(23)8-5-12-3-2-4-13(19)9-12/h2-10H,11H2,1H3,(H,20,22)/b8-5+. The van der Waals surface area contributed by atoms with Crippen LogP contribution >= 0.6 is 11.6 Å². The first-order valence-electron chi connectivity index (χ1n) is 7.61. The molecule has 0 aliphatic heterocycles. The van der Waals surface area contributed by atoms with Gasteiger partial charge in [0, 0.05) is 23.2 Å². The summed E-state index contributed by atoms with van der Waals surface area (Å²) in [6, 6.07) is 10.6. The molecule has 2 aromatic rings. The van der Waals surface area contributed by atoms with E-state index in [0.717, 1.165) is 12.1 Å². The van der Waals surface area contributed by atoms with Gasteiger partial charge in [-0.2, -0.15) is 0 Å². The number of amides is 1. The molecular weight excluding hydrogens is 376 g/mol. The predicted octanol–water partition coefficient (Wildman–Crippen LogP) is 3.45. The number of hydrogen-bond donors (Lipinski definition) is 1. The Morgan fingerprint density at radius 2 is 2.04 bits per heavy atom. The van der Waals surface area contributed by atoms with Crippen LogP contribution in [0, 0.1) is 10.1 Å². The van der Waals surface area contributed by atoms with Gasteiger partial charge in [-0.3, -0.25) is 14.9 Å². The highest BCUT2D eigenvalue weighted by Crippen LogP contribution is 2.28. The lowest BCUT2D eigenvalue weighted by molar-refractivity contribution is -0.384. The molecule has 1 N–H and O–H groups in total. The maximum atomic E-state index is 11.9. The number of hydrogen-bond acceptors (Lipinski definition) is 6. The second-order valence-corrected chi connectivity index (χ2v) is 5.62. The molecule has 0 aliphatic carbocycles. The van der Waals surface area contributed by atoms with Crippen LogP contribution in [-0.4, -0.2) is 30.5 Å². The lowest BCUT2D eigenvalue weighted by Crippen LogP contribution is -2.20. The average molecular weight is 391 g/mol. The van der Waals surface area contributed by atoms with Crippen LogP contribution in [0.1, 0.15) is 5.56 Å². The predicted molar refractivity (Wildman–Crippen MR) is 99.7 cm³/mol. The van der Waals surface area contributed by atoms with E-state index in [1.807, 2.05) is 0 Å². The maximum Gasteiger partial charge on any atom is 0.331 e. The number of nitro benzene ring substituents is 1. The van der Waals surface area contributed by atoms with Gasteiger partial charge in [-0.25, -0.2) is 4.79 Å². The van der Waals surface area contributed by atoms with Crippen LogP contribution < -0.4 is 10.1 Å². The zero-order valence-electron chi connectivity index (χ0n) is 14.2. The molecule has 1 amide bonds. The molecular formula is C18H15ClN2O6. The number of carbonyl (C=O) groups is 2. The number of halogens is 1. The van der Waals surface area contributed by atoms with E-state index >= 15 is 0 Å². The van der Waals surface area contributed by atoms with E-state index in [2.05, 4.69) is 5.32 Å². The first-order chi connectivity index (χ1) is 12.9. The molecule has 0 bridgehead atoms. The van der Waals surface area contributed by atoms with Gasteiger partial charge in [-0.1, -0.05) is 23.7 Å². The van der Waals surface area contributed by atoms with E-state index in [-0.39, 0.29) is 17.1 Å². The highest BCUT2D eigenvalue weighted by atomic mass is 35.5. The fourth-order valence-electron chi connectivity index (χ4n) is 2.05. The number of rotatable bonds is 7. The molecule has 2 aromatic carbocycles. The van der Waals surface area contributed by atoms with Crippen LogP contribution in [0.3, 0.4) is 0 Å². The lowest BCUT2D eigenvalue weighted by atomic mass is 10.2. The molecule has 0 aliphatic rings. The van der Waals surface area contributed by atoms with E-state index < -0.39 is 23.4 Å². The van der Waals surface area contributed by atoms with Crippen LogP contribution in [0.2, 0.25) is 5.02 Å². The highest BCUT2D eigenvalue weighted by Gasteiger charge is 2.14. The van der Waals surface area contributed by atoms with Crippen LogP contribution in [0.5, 0.6) is 5.75 Å². The van der Waals surface area contributed by atoms with Gasteiger partial charge in [0.15, 0.2) is 6.61 Å². The Morgan fingerprint density at radius 3 is 2.70 bits per heavy atom. The Bertz CT molecular complexity index is 897. The van der Waals surface area contributed by atoms with Gasteiger partial charge in [-0.05, 0) is 29.8 Å². The SMILES string of the molecule is COc1ccc([N+](=O)[O-])cc1NC(=O)COC(=O)/C=C/c1cccc(Cl)c1. The monoisotopic (exact) mass is 390 g/mol. The molecule has 0 heterocycles. The number of esters is 1. The molecule has 0 radical (unpaired) electrons. The molecule has 140 valence electrons. The summed E-state index contributed by atoms with van der Waals surface area (Å²) in [6.45, 7) is -0.565. The van der Waals surface area contributed by atoms with Crippen LogP contribution in [0.15, 0.2) is 48.5 Å². The molecule has 0 atom stereocenters. The van der Waals surface area contributed by atoms with Crippen molar-refractivity contribution in [1.29, 1.82) is 0 Å². The van der Waals surface area contributed by atoms with Crippen molar-refractivity contribution in [3.8, 4) is 5.75 Å². The largest absolute Gasteiger partial charge is 0.495 e. The minimum atomic E-state index is -0.726. The number of carbonyl (C=O) groups excluding carboxylic acids is 2. The van der Waals surface area contributed by atoms with Crippen molar-refractivity contribution in [3.05, 3.63) is 69.2 Å². The maximum absolute atomic E-state index is 11.9. The fourth-order valence-corrected chi connectivity index (χ4v) is 2.25. The third kappa shape index (κ3) is 6.12. The minimum absolute atomic E-state index is 0.0993. The van der Waals surface area contributed by atoms with Crippen LogP contribution in [0.4, 0.5) is 11.4 Å². The zero-order chi connectivity index (χ0) is 19.8. The van der Waals surface area contributed by atoms with E-state index in [0.29, 0.717) is 10.6 Å². The third-order valence-corrected chi connectivity index (χ3v) is 3.51.